The minimum absolute atomic E-state index is 0.0318. The lowest BCUT2D eigenvalue weighted by molar-refractivity contribution is -0.120. The molecule has 1 unspecified atom stereocenters. The van der Waals surface area contributed by atoms with Gasteiger partial charge in [-0.3, -0.25) is 4.79 Å². The molecule has 2 aromatic rings. The van der Waals surface area contributed by atoms with Crippen molar-refractivity contribution in [3.8, 4) is 0 Å². The Kier molecular flexibility index (Phi) is 3.38. The minimum Gasteiger partial charge on any atom is -0.339 e. The zero-order valence-electron chi connectivity index (χ0n) is 12.2. The van der Waals surface area contributed by atoms with Crippen molar-refractivity contribution in [1.82, 2.24) is 15.5 Å². The molecule has 3 heterocycles. The minimum atomic E-state index is -0.0318. The topological polar surface area (TPSA) is 80.0 Å². The largest absolute Gasteiger partial charge is 0.339 e. The number of nitrogens with zero attached hydrogens (tertiary/aromatic N) is 2. The third-order valence-corrected chi connectivity index (χ3v) is 4.45. The van der Waals surface area contributed by atoms with E-state index >= 15 is 0 Å². The van der Waals surface area contributed by atoms with Gasteiger partial charge in [0.1, 0.15) is 0 Å². The Hall–Kier alpha value is -2.21. The van der Waals surface area contributed by atoms with Crippen LogP contribution in [0, 0.1) is 5.92 Å². The summed E-state index contributed by atoms with van der Waals surface area (Å²) in [6, 6.07) is 7.95. The summed E-state index contributed by atoms with van der Waals surface area (Å²) in [5, 5.41) is 10.2. The van der Waals surface area contributed by atoms with Gasteiger partial charge in [0.05, 0.1) is 0 Å². The molecule has 0 bridgehead atoms. The number of benzene rings is 1. The predicted octanol–water partition coefficient (Wildman–Crippen LogP) is 1.50. The smallest absolute Gasteiger partial charge is 0.227 e. The summed E-state index contributed by atoms with van der Waals surface area (Å²) >= 11 is 0. The molecule has 1 aromatic heterocycles. The highest BCUT2D eigenvalue weighted by Gasteiger charge is 2.27. The number of carbonyl (C=O) groups excluding carboxylic acids is 1. The Labute approximate surface area is 128 Å². The van der Waals surface area contributed by atoms with Gasteiger partial charge in [-0.25, -0.2) is 0 Å². The van der Waals surface area contributed by atoms with E-state index in [-0.39, 0.29) is 11.8 Å². The van der Waals surface area contributed by atoms with Gasteiger partial charge in [0.15, 0.2) is 5.82 Å². The first-order valence-corrected chi connectivity index (χ1v) is 7.71. The van der Waals surface area contributed by atoms with E-state index in [1.54, 1.807) is 0 Å². The number of carbonyl (C=O) groups is 1. The number of anilines is 1. The number of rotatable bonds is 4. The fourth-order valence-corrected chi connectivity index (χ4v) is 2.95. The standard InChI is InChI=1S/C16H18N4O2/c21-16-11(7-10-3-1-2-4-13(10)18-16)5-6-14-19-15(20-22-14)12-8-17-9-12/h1-4,11-12,17H,5-9H2,(H,18,21). The van der Waals surface area contributed by atoms with Crippen LogP contribution >= 0.6 is 0 Å². The van der Waals surface area contributed by atoms with Gasteiger partial charge >= 0.3 is 0 Å². The quantitative estimate of drug-likeness (QED) is 0.894. The second kappa shape index (κ2) is 5.53. The Morgan fingerprint density at radius 2 is 2.14 bits per heavy atom. The van der Waals surface area contributed by atoms with E-state index in [1.807, 2.05) is 18.2 Å². The van der Waals surface area contributed by atoms with Crippen LogP contribution in [-0.4, -0.2) is 29.1 Å². The van der Waals surface area contributed by atoms with E-state index in [1.165, 1.54) is 5.56 Å². The third-order valence-electron chi connectivity index (χ3n) is 4.45. The third kappa shape index (κ3) is 2.50. The molecule has 22 heavy (non-hydrogen) atoms. The highest BCUT2D eigenvalue weighted by atomic mass is 16.5. The number of hydrogen-bond donors (Lipinski definition) is 2. The first kappa shape index (κ1) is 13.5. The Morgan fingerprint density at radius 1 is 1.27 bits per heavy atom. The molecule has 1 amide bonds. The summed E-state index contributed by atoms with van der Waals surface area (Å²) in [5.41, 5.74) is 2.13. The second-order valence-electron chi connectivity index (χ2n) is 5.99. The summed E-state index contributed by atoms with van der Waals surface area (Å²) in [6.07, 6.45) is 2.15. The number of para-hydroxylation sites is 1. The van der Waals surface area contributed by atoms with Crippen LogP contribution in [0.5, 0.6) is 0 Å². The summed E-state index contributed by atoms with van der Waals surface area (Å²) in [4.78, 5) is 16.6. The molecule has 114 valence electrons. The molecular weight excluding hydrogens is 280 g/mol. The SMILES string of the molecule is O=C1Nc2ccccc2CC1CCc1nc(C2CNC2)no1. The zero-order valence-corrected chi connectivity index (χ0v) is 12.2. The number of nitrogens with one attached hydrogen (secondary N) is 2. The molecule has 6 nitrogen and oxygen atoms in total. The molecule has 2 N–H and O–H groups in total. The molecule has 0 aliphatic carbocycles. The first-order valence-electron chi connectivity index (χ1n) is 7.71. The Morgan fingerprint density at radius 3 is 2.95 bits per heavy atom. The normalized spacial score (nSPS) is 21.1. The van der Waals surface area contributed by atoms with E-state index < -0.39 is 0 Å². The lowest BCUT2D eigenvalue weighted by Gasteiger charge is -2.24. The van der Waals surface area contributed by atoms with Crippen LogP contribution in [0.3, 0.4) is 0 Å². The van der Waals surface area contributed by atoms with Crippen LogP contribution in [0.15, 0.2) is 28.8 Å². The predicted molar refractivity (Wildman–Crippen MR) is 80.5 cm³/mol. The number of amides is 1. The van der Waals surface area contributed by atoms with Crippen molar-refractivity contribution in [3.63, 3.8) is 0 Å². The van der Waals surface area contributed by atoms with Crippen LogP contribution in [0.2, 0.25) is 0 Å². The Balaban J connectivity index is 1.39. The monoisotopic (exact) mass is 298 g/mol. The molecule has 2 aliphatic rings. The number of aromatic nitrogens is 2. The van der Waals surface area contributed by atoms with Crippen LogP contribution in [0.25, 0.3) is 0 Å². The molecule has 0 radical (unpaired) electrons. The van der Waals surface area contributed by atoms with E-state index in [9.17, 15) is 4.79 Å². The number of fused-ring (bicyclic) bond motifs is 1. The highest BCUT2D eigenvalue weighted by Crippen LogP contribution is 2.27. The molecule has 0 spiro atoms. The van der Waals surface area contributed by atoms with Crippen LogP contribution < -0.4 is 10.6 Å². The molecule has 2 aliphatic heterocycles. The van der Waals surface area contributed by atoms with Crippen molar-refractivity contribution in [2.45, 2.75) is 25.2 Å². The van der Waals surface area contributed by atoms with E-state index in [0.29, 0.717) is 18.2 Å². The molecule has 4 rings (SSSR count). The summed E-state index contributed by atoms with van der Waals surface area (Å²) in [6.45, 7) is 1.83. The van der Waals surface area contributed by atoms with Crippen molar-refractivity contribution in [2.24, 2.45) is 5.92 Å². The van der Waals surface area contributed by atoms with Crippen molar-refractivity contribution >= 4 is 11.6 Å². The highest BCUT2D eigenvalue weighted by molar-refractivity contribution is 5.95. The van der Waals surface area contributed by atoms with E-state index in [0.717, 1.165) is 37.4 Å². The zero-order chi connectivity index (χ0) is 14.9. The Bertz CT molecular complexity index is 693. The lowest BCUT2D eigenvalue weighted by Crippen LogP contribution is -2.40. The molecular formula is C16H18N4O2. The molecule has 1 saturated heterocycles. The number of hydrogen-bond acceptors (Lipinski definition) is 5. The van der Waals surface area contributed by atoms with Gasteiger partial charge in [-0.15, -0.1) is 0 Å². The van der Waals surface area contributed by atoms with Gasteiger partial charge in [-0.1, -0.05) is 23.4 Å². The average molecular weight is 298 g/mol. The van der Waals surface area contributed by atoms with Gasteiger partial charge < -0.3 is 15.2 Å². The molecule has 1 aromatic carbocycles. The van der Waals surface area contributed by atoms with Crippen molar-refractivity contribution in [2.75, 3.05) is 18.4 Å². The average Bonchev–Trinajstić information content (AvgIpc) is 2.91. The van der Waals surface area contributed by atoms with Gasteiger partial charge in [-0.2, -0.15) is 4.98 Å². The van der Waals surface area contributed by atoms with Gasteiger partial charge in [0.2, 0.25) is 11.8 Å². The summed E-state index contributed by atoms with van der Waals surface area (Å²) in [5.74, 6) is 1.85. The van der Waals surface area contributed by atoms with Gasteiger partial charge in [0.25, 0.3) is 0 Å². The molecule has 1 atom stereocenters. The fourth-order valence-electron chi connectivity index (χ4n) is 2.95. The summed E-state index contributed by atoms with van der Waals surface area (Å²) < 4.78 is 5.30. The molecule has 6 heteroatoms. The molecule has 0 saturated carbocycles. The van der Waals surface area contributed by atoms with Gasteiger partial charge in [0, 0.05) is 37.0 Å². The maximum atomic E-state index is 12.2. The van der Waals surface area contributed by atoms with Crippen LogP contribution in [0.1, 0.15) is 29.6 Å². The van der Waals surface area contributed by atoms with Crippen LogP contribution in [0.4, 0.5) is 5.69 Å². The van der Waals surface area contributed by atoms with Gasteiger partial charge in [-0.05, 0) is 24.5 Å². The summed E-state index contributed by atoms with van der Waals surface area (Å²) in [7, 11) is 0. The van der Waals surface area contributed by atoms with E-state index in [4.69, 9.17) is 4.52 Å². The fraction of sp³-hybridized carbons (Fsp3) is 0.438. The first-order chi connectivity index (χ1) is 10.8. The lowest BCUT2D eigenvalue weighted by atomic mass is 9.90. The maximum absolute atomic E-state index is 12.2. The van der Waals surface area contributed by atoms with E-state index in [2.05, 4.69) is 26.8 Å². The maximum Gasteiger partial charge on any atom is 0.227 e. The van der Waals surface area contributed by atoms with Crippen molar-refractivity contribution in [3.05, 3.63) is 41.5 Å². The van der Waals surface area contributed by atoms with Crippen molar-refractivity contribution in [1.29, 1.82) is 0 Å². The van der Waals surface area contributed by atoms with Crippen LogP contribution in [-0.2, 0) is 17.6 Å². The van der Waals surface area contributed by atoms with Crippen molar-refractivity contribution < 1.29 is 9.32 Å². The second-order valence-corrected chi connectivity index (χ2v) is 5.99. The molecule has 1 fully saturated rings. The number of aryl methyl sites for hydroxylation is 1.